The molecule has 136 valence electrons. The molecular formula is C20H30N4O. The first kappa shape index (κ1) is 18.0. The van der Waals surface area contributed by atoms with E-state index in [2.05, 4.69) is 52.5 Å². The van der Waals surface area contributed by atoms with Crippen molar-refractivity contribution in [3.05, 3.63) is 41.5 Å². The van der Waals surface area contributed by atoms with Gasteiger partial charge in [0.1, 0.15) is 0 Å². The van der Waals surface area contributed by atoms with E-state index in [4.69, 9.17) is 0 Å². The van der Waals surface area contributed by atoms with Gasteiger partial charge in [-0.05, 0) is 51.1 Å². The fourth-order valence-corrected chi connectivity index (χ4v) is 3.45. The molecule has 3 rings (SSSR count). The van der Waals surface area contributed by atoms with Crippen molar-refractivity contribution in [3.8, 4) is 0 Å². The molecule has 2 aliphatic heterocycles. The molecule has 1 amide bonds. The van der Waals surface area contributed by atoms with E-state index in [1.54, 1.807) is 0 Å². The molecule has 0 aromatic heterocycles. The molecule has 25 heavy (non-hydrogen) atoms. The Bertz CT molecular complexity index is 601. The molecule has 5 heteroatoms. The third-order valence-electron chi connectivity index (χ3n) is 5.17. The van der Waals surface area contributed by atoms with Gasteiger partial charge in [-0.15, -0.1) is 0 Å². The van der Waals surface area contributed by atoms with Crippen LogP contribution in [0, 0.1) is 0 Å². The SMILES string of the molecule is CC(C)N1CCN(c2ccc(C(=O)NCC3=CCNCC3)cc2)CC1. The van der Waals surface area contributed by atoms with Crippen LogP contribution in [0.4, 0.5) is 5.69 Å². The molecule has 0 aliphatic carbocycles. The molecule has 0 unspecified atom stereocenters. The predicted octanol–water partition coefficient (Wildman–Crippen LogP) is 1.87. The van der Waals surface area contributed by atoms with Crippen molar-refractivity contribution < 1.29 is 4.79 Å². The number of benzene rings is 1. The maximum Gasteiger partial charge on any atom is 0.251 e. The van der Waals surface area contributed by atoms with Crippen LogP contribution in [-0.4, -0.2) is 62.7 Å². The quantitative estimate of drug-likeness (QED) is 0.802. The van der Waals surface area contributed by atoms with Crippen LogP contribution in [0.5, 0.6) is 0 Å². The van der Waals surface area contributed by atoms with Gasteiger partial charge in [-0.2, -0.15) is 0 Å². The molecule has 2 N–H and O–H groups in total. The fourth-order valence-electron chi connectivity index (χ4n) is 3.45. The zero-order chi connectivity index (χ0) is 17.6. The van der Waals surface area contributed by atoms with E-state index in [-0.39, 0.29) is 5.91 Å². The lowest BCUT2D eigenvalue weighted by Gasteiger charge is -2.38. The fraction of sp³-hybridized carbons (Fsp3) is 0.550. The Morgan fingerprint density at radius 3 is 2.48 bits per heavy atom. The second kappa shape index (κ2) is 8.50. The molecule has 1 aromatic rings. The summed E-state index contributed by atoms with van der Waals surface area (Å²) in [7, 11) is 0. The average molecular weight is 342 g/mol. The van der Waals surface area contributed by atoms with Gasteiger partial charge in [-0.25, -0.2) is 0 Å². The predicted molar refractivity (Wildman–Crippen MR) is 103 cm³/mol. The summed E-state index contributed by atoms with van der Waals surface area (Å²) in [6.07, 6.45) is 3.19. The number of rotatable bonds is 5. The molecule has 0 spiro atoms. The van der Waals surface area contributed by atoms with Gasteiger partial charge < -0.3 is 15.5 Å². The Balaban J connectivity index is 1.51. The van der Waals surface area contributed by atoms with Gasteiger partial charge in [0.05, 0.1) is 0 Å². The Kier molecular flexibility index (Phi) is 6.10. The van der Waals surface area contributed by atoms with E-state index in [0.29, 0.717) is 12.6 Å². The maximum absolute atomic E-state index is 12.3. The standard InChI is InChI=1S/C20H30N4O/c1-16(2)23-11-13-24(14-12-23)19-5-3-18(4-6-19)20(25)22-15-17-7-9-21-10-8-17/h3-7,16,21H,8-15H2,1-2H3,(H,22,25). The van der Waals surface area contributed by atoms with Crippen LogP contribution in [0.3, 0.4) is 0 Å². The van der Waals surface area contributed by atoms with Crippen LogP contribution in [0.15, 0.2) is 35.9 Å². The minimum Gasteiger partial charge on any atom is -0.369 e. The van der Waals surface area contributed by atoms with E-state index in [0.717, 1.165) is 51.3 Å². The highest BCUT2D eigenvalue weighted by atomic mass is 16.1. The average Bonchev–Trinajstić information content (AvgIpc) is 2.67. The second-order valence-electron chi connectivity index (χ2n) is 7.16. The highest BCUT2D eigenvalue weighted by Gasteiger charge is 2.19. The van der Waals surface area contributed by atoms with E-state index < -0.39 is 0 Å². The van der Waals surface area contributed by atoms with Crippen molar-refractivity contribution in [2.24, 2.45) is 0 Å². The topological polar surface area (TPSA) is 47.6 Å². The molecule has 2 heterocycles. The van der Waals surface area contributed by atoms with Crippen molar-refractivity contribution in [1.82, 2.24) is 15.5 Å². The number of carbonyl (C=O) groups excluding carboxylic acids is 1. The summed E-state index contributed by atoms with van der Waals surface area (Å²) >= 11 is 0. The first-order chi connectivity index (χ1) is 12.1. The number of nitrogens with zero attached hydrogens (tertiary/aromatic N) is 2. The molecule has 0 saturated carbocycles. The maximum atomic E-state index is 12.3. The van der Waals surface area contributed by atoms with Crippen molar-refractivity contribution in [2.75, 3.05) is 50.7 Å². The lowest BCUT2D eigenvalue weighted by atomic mass is 10.1. The third kappa shape index (κ3) is 4.83. The van der Waals surface area contributed by atoms with Crippen LogP contribution in [0.25, 0.3) is 0 Å². The van der Waals surface area contributed by atoms with Crippen LogP contribution < -0.4 is 15.5 Å². The summed E-state index contributed by atoms with van der Waals surface area (Å²) in [6.45, 7) is 11.4. The van der Waals surface area contributed by atoms with E-state index in [1.165, 1.54) is 11.3 Å². The van der Waals surface area contributed by atoms with Gasteiger partial charge in [0.15, 0.2) is 0 Å². The summed E-state index contributed by atoms with van der Waals surface area (Å²) in [5, 5.41) is 6.31. The number of hydrogen-bond donors (Lipinski definition) is 2. The summed E-state index contributed by atoms with van der Waals surface area (Å²) < 4.78 is 0. The van der Waals surface area contributed by atoms with Crippen molar-refractivity contribution >= 4 is 11.6 Å². The van der Waals surface area contributed by atoms with Gasteiger partial charge in [-0.1, -0.05) is 11.6 Å². The van der Waals surface area contributed by atoms with E-state index >= 15 is 0 Å². The lowest BCUT2D eigenvalue weighted by molar-refractivity contribution is 0.0956. The number of carbonyl (C=O) groups is 1. The number of nitrogens with one attached hydrogen (secondary N) is 2. The smallest absolute Gasteiger partial charge is 0.251 e. The van der Waals surface area contributed by atoms with Crippen molar-refractivity contribution in [2.45, 2.75) is 26.3 Å². The molecule has 0 radical (unpaired) electrons. The zero-order valence-electron chi connectivity index (χ0n) is 15.4. The molecule has 1 aromatic carbocycles. The van der Waals surface area contributed by atoms with Crippen molar-refractivity contribution in [1.29, 1.82) is 0 Å². The summed E-state index contributed by atoms with van der Waals surface area (Å²) in [5.41, 5.74) is 3.26. The molecule has 0 bridgehead atoms. The van der Waals surface area contributed by atoms with Gasteiger partial charge in [0.25, 0.3) is 5.91 Å². The van der Waals surface area contributed by atoms with Gasteiger partial charge >= 0.3 is 0 Å². The van der Waals surface area contributed by atoms with Crippen molar-refractivity contribution in [3.63, 3.8) is 0 Å². The van der Waals surface area contributed by atoms with Gasteiger partial charge in [0.2, 0.25) is 0 Å². The van der Waals surface area contributed by atoms with E-state index in [1.807, 2.05) is 12.1 Å². The summed E-state index contributed by atoms with van der Waals surface area (Å²) in [6, 6.07) is 8.64. The highest BCUT2D eigenvalue weighted by Crippen LogP contribution is 2.18. The Morgan fingerprint density at radius 2 is 1.88 bits per heavy atom. The van der Waals surface area contributed by atoms with Gasteiger partial charge in [0, 0.05) is 56.6 Å². The monoisotopic (exact) mass is 342 g/mol. The molecule has 0 atom stereocenters. The molecule has 1 fully saturated rings. The molecule has 1 saturated heterocycles. The summed E-state index contributed by atoms with van der Waals surface area (Å²) in [5.74, 6) is 0.00982. The Hall–Kier alpha value is -1.85. The Labute approximate surface area is 151 Å². The minimum atomic E-state index is 0.00982. The second-order valence-corrected chi connectivity index (χ2v) is 7.16. The number of amides is 1. The Morgan fingerprint density at radius 1 is 1.16 bits per heavy atom. The first-order valence-electron chi connectivity index (χ1n) is 9.39. The van der Waals surface area contributed by atoms with E-state index in [9.17, 15) is 4.79 Å². The minimum absolute atomic E-state index is 0.00982. The lowest BCUT2D eigenvalue weighted by Crippen LogP contribution is -2.48. The summed E-state index contributed by atoms with van der Waals surface area (Å²) in [4.78, 5) is 17.2. The van der Waals surface area contributed by atoms with Crippen LogP contribution in [0.2, 0.25) is 0 Å². The third-order valence-corrected chi connectivity index (χ3v) is 5.17. The first-order valence-corrected chi connectivity index (χ1v) is 9.39. The molecule has 2 aliphatic rings. The van der Waals surface area contributed by atoms with Crippen LogP contribution in [-0.2, 0) is 0 Å². The zero-order valence-corrected chi connectivity index (χ0v) is 15.4. The molecule has 5 nitrogen and oxygen atoms in total. The van der Waals surface area contributed by atoms with Crippen LogP contribution >= 0.6 is 0 Å². The molecular weight excluding hydrogens is 312 g/mol. The number of hydrogen-bond acceptors (Lipinski definition) is 4. The van der Waals surface area contributed by atoms with Crippen LogP contribution in [0.1, 0.15) is 30.6 Å². The highest BCUT2D eigenvalue weighted by molar-refractivity contribution is 5.94. The number of piperazine rings is 1. The largest absolute Gasteiger partial charge is 0.369 e. The normalized spacial score (nSPS) is 19.0. The number of anilines is 1. The van der Waals surface area contributed by atoms with Gasteiger partial charge in [-0.3, -0.25) is 9.69 Å².